The third-order valence-corrected chi connectivity index (χ3v) is 5.45. The van der Waals surface area contributed by atoms with Crippen LogP contribution in [0.5, 0.6) is 0 Å². The molecule has 2 saturated heterocycles. The number of hydrogen-bond donors (Lipinski definition) is 1. The molecule has 2 aliphatic heterocycles. The molecule has 1 atom stereocenters. The Kier molecular flexibility index (Phi) is 4.44. The molecule has 124 valence electrons. The predicted octanol–water partition coefficient (Wildman–Crippen LogP) is 1.57. The third kappa shape index (κ3) is 3.14. The minimum Gasteiger partial charge on any atom is -0.371 e. The largest absolute Gasteiger partial charge is 0.371 e. The lowest BCUT2D eigenvalue weighted by atomic mass is 9.79. The summed E-state index contributed by atoms with van der Waals surface area (Å²) in [6, 6.07) is 0. The normalized spacial score (nSPS) is 27.4. The maximum Gasteiger partial charge on any atom is 0.225 e. The highest BCUT2D eigenvalue weighted by Gasteiger charge is 2.49. The Labute approximate surface area is 132 Å². The highest BCUT2D eigenvalue weighted by atomic mass is 16.5. The molecule has 22 heavy (non-hydrogen) atoms. The molecule has 2 amide bonds. The van der Waals surface area contributed by atoms with E-state index in [4.69, 9.17) is 4.74 Å². The molecular formula is C17H28N2O3. The molecule has 2 heterocycles. The number of nitrogens with one attached hydrogen (secondary N) is 1. The van der Waals surface area contributed by atoms with Crippen LogP contribution in [-0.4, -0.2) is 48.6 Å². The number of ether oxygens (including phenoxy) is 1. The van der Waals surface area contributed by atoms with E-state index in [1.165, 1.54) is 6.42 Å². The summed E-state index contributed by atoms with van der Waals surface area (Å²) in [5.74, 6) is 1.19. The Morgan fingerprint density at radius 2 is 2.00 bits per heavy atom. The minimum atomic E-state index is -0.0854. The summed E-state index contributed by atoms with van der Waals surface area (Å²) < 4.78 is 6.07. The van der Waals surface area contributed by atoms with Crippen molar-refractivity contribution in [2.45, 2.75) is 51.6 Å². The van der Waals surface area contributed by atoms with Gasteiger partial charge < -0.3 is 15.0 Å². The smallest absolute Gasteiger partial charge is 0.225 e. The molecule has 3 fully saturated rings. The summed E-state index contributed by atoms with van der Waals surface area (Å²) in [5.41, 5.74) is -0.0854. The van der Waals surface area contributed by atoms with E-state index in [1.54, 1.807) is 0 Å². The van der Waals surface area contributed by atoms with Crippen LogP contribution >= 0.6 is 0 Å². The monoisotopic (exact) mass is 308 g/mol. The topological polar surface area (TPSA) is 58.6 Å². The first-order valence-electron chi connectivity index (χ1n) is 8.69. The Balaban J connectivity index is 1.38. The number of likely N-dealkylation sites (tertiary alicyclic amines) is 1. The quantitative estimate of drug-likeness (QED) is 0.857. The zero-order valence-electron chi connectivity index (χ0n) is 13.8. The Morgan fingerprint density at radius 3 is 2.50 bits per heavy atom. The first-order valence-corrected chi connectivity index (χ1v) is 8.69. The number of amides is 2. The fourth-order valence-corrected chi connectivity index (χ4v) is 3.50. The number of nitrogens with zero attached hydrogens (tertiary/aromatic N) is 1. The second-order valence-corrected chi connectivity index (χ2v) is 7.62. The summed E-state index contributed by atoms with van der Waals surface area (Å²) in [7, 11) is 0. The van der Waals surface area contributed by atoms with Crippen LogP contribution in [0.3, 0.4) is 0 Å². The molecule has 1 N–H and O–H groups in total. The van der Waals surface area contributed by atoms with E-state index >= 15 is 0 Å². The average molecular weight is 308 g/mol. The molecule has 0 aromatic heterocycles. The molecule has 5 nitrogen and oxygen atoms in total. The van der Waals surface area contributed by atoms with Gasteiger partial charge in [-0.15, -0.1) is 0 Å². The molecule has 0 aromatic carbocycles. The maximum atomic E-state index is 12.2. The first-order chi connectivity index (χ1) is 10.5. The fourth-order valence-electron chi connectivity index (χ4n) is 3.50. The van der Waals surface area contributed by atoms with Gasteiger partial charge in [0.15, 0.2) is 0 Å². The molecular weight excluding hydrogens is 280 g/mol. The number of carbonyl (C=O) groups is 2. The molecule has 0 aromatic rings. The highest BCUT2D eigenvalue weighted by molar-refractivity contribution is 5.80. The van der Waals surface area contributed by atoms with Crippen molar-refractivity contribution in [2.24, 2.45) is 17.8 Å². The van der Waals surface area contributed by atoms with Crippen LogP contribution in [0.4, 0.5) is 0 Å². The molecule has 3 rings (SSSR count). The molecule has 3 aliphatic rings. The standard InChI is InChI=1S/C17H28N2O3/c1-12(2)15(20)18-8-13-6-7-17(22-9-13)10-19(11-17)16(21)14-4-3-5-14/h12-14H,3-11H2,1-2H3,(H,18,20)/t13-/m0/s1. The summed E-state index contributed by atoms with van der Waals surface area (Å²) in [6.45, 7) is 6.76. The van der Waals surface area contributed by atoms with Gasteiger partial charge in [-0.05, 0) is 31.6 Å². The molecule has 5 heteroatoms. The summed E-state index contributed by atoms with van der Waals surface area (Å²) in [4.78, 5) is 25.7. The van der Waals surface area contributed by atoms with Crippen molar-refractivity contribution < 1.29 is 14.3 Å². The third-order valence-electron chi connectivity index (χ3n) is 5.45. The second-order valence-electron chi connectivity index (χ2n) is 7.62. The lowest BCUT2D eigenvalue weighted by Gasteiger charge is -2.54. The van der Waals surface area contributed by atoms with Gasteiger partial charge in [0.2, 0.25) is 11.8 Å². The van der Waals surface area contributed by atoms with Crippen molar-refractivity contribution in [2.75, 3.05) is 26.2 Å². The van der Waals surface area contributed by atoms with Gasteiger partial charge in [-0.2, -0.15) is 0 Å². The molecule has 1 saturated carbocycles. The summed E-state index contributed by atoms with van der Waals surface area (Å²) in [6.07, 6.45) is 5.42. The van der Waals surface area contributed by atoms with Gasteiger partial charge in [0.1, 0.15) is 5.60 Å². The first kappa shape index (κ1) is 15.8. The van der Waals surface area contributed by atoms with E-state index in [2.05, 4.69) is 5.32 Å². The van der Waals surface area contributed by atoms with E-state index in [9.17, 15) is 9.59 Å². The van der Waals surface area contributed by atoms with Crippen molar-refractivity contribution in [1.29, 1.82) is 0 Å². The zero-order valence-corrected chi connectivity index (χ0v) is 13.8. The van der Waals surface area contributed by atoms with Crippen LogP contribution in [0.25, 0.3) is 0 Å². The molecule has 1 aliphatic carbocycles. The molecule has 0 radical (unpaired) electrons. The fraction of sp³-hybridized carbons (Fsp3) is 0.882. The van der Waals surface area contributed by atoms with Gasteiger partial charge in [-0.1, -0.05) is 20.3 Å². The number of rotatable bonds is 4. The van der Waals surface area contributed by atoms with Gasteiger partial charge in [0.25, 0.3) is 0 Å². The lowest BCUT2D eigenvalue weighted by Crippen LogP contribution is -2.67. The average Bonchev–Trinajstić information content (AvgIpc) is 2.40. The summed E-state index contributed by atoms with van der Waals surface area (Å²) in [5, 5.41) is 2.99. The van der Waals surface area contributed by atoms with Gasteiger partial charge in [-0.3, -0.25) is 9.59 Å². The Hall–Kier alpha value is -1.10. The van der Waals surface area contributed by atoms with Gasteiger partial charge in [0.05, 0.1) is 19.7 Å². The van der Waals surface area contributed by atoms with Crippen molar-refractivity contribution in [1.82, 2.24) is 10.2 Å². The highest BCUT2D eigenvalue weighted by Crippen LogP contribution is 2.38. The Bertz CT molecular complexity index is 429. The van der Waals surface area contributed by atoms with Gasteiger partial charge >= 0.3 is 0 Å². The number of hydrogen-bond acceptors (Lipinski definition) is 3. The lowest BCUT2D eigenvalue weighted by molar-refractivity contribution is -0.192. The van der Waals surface area contributed by atoms with Crippen molar-refractivity contribution in [3.8, 4) is 0 Å². The van der Waals surface area contributed by atoms with Crippen LogP contribution in [0.1, 0.15) is 46.0 Å². The zero-order chi connectivity index (χ0) is 15.7. The predicted molar refractivity (Wildman–Crippen MR) is 83.2 cm³/mol. The van der Waals surface area contributed by atoms with Crippen LogP contribution in [-0.2, 0) is 14.3 Å². The van der Waals surface area contributed by atoms with E-state index in [0.717, 1.165) is 38.8 Å². The van der Waals surface area contributed by atoms with Crippen molar-refractivity contribution in [3.63, 3.8) is 0 Å². The number of carbonyl (C=O) groups excluding carboxylic acids is 2. The van der Waals surface area contributed by atoms with Crippen LogP contribution in [0, 0.1) is 17.8 Å². The van der Waals surface area contributed by atoms with E-state index in [-0.39, 0.29) is 17.4 Å². The van der Waals surface area contributed by atoms with Crippen LogP contribution in [0.2, 0.25) is 0 Å². The van der Waals surface area contributed by atoms with E-state index in [0.29, 0.717) is 30.9 Å². The molecule has 0 bridgehead atoms. The van der Waals surface area contributed by atoms with E-state index < -0.39 is 0 Å². The molecule has 0 unspecified atom stereocenters. The molecule has 1 spiro atoms. The van der Waals surface area contributed by atoms with Crippen LogP contribution < -0.4 is 5.32 Å². The SMILES string of the molecule is CC(C)C(=O)NC[C@@H]1CCC2(CN(C(=O)C3CCC3)C2)OC1. The maximum absolute atomic E-state index is 12.2. The second kappa shape index (κ2) is 6.19. The van der Waals surface area contributed by atoms with Crippen molar-refractivity contribution in [3.05, 3.63) is 0 Å². The minimum absolute atomic E-state index is 0.0357. The van der Waals surface area contributed by atoms with Crippen LogP contribution in [0.15, 0.2) is 0 Å². The van der Waals surface area contributed by atoms with Gasteiger partial charge in [0, 0.05) is 18.4 Å². The summed E-state index contributed by atoms with van der Waals surface area (Å²) >= 11 is 0. The Morgan fingerprint density at radius 1 is 1.27 bits per heavy atom. The van der Waals surface area contributed by atoms with E-state index in [1.807, 2.05) is 18.7 Å². The van der Waals surface area contributed by atoms with Crippen molar-refractivity contribution >= 4 is 11.8 Å². The van der Waals surface area contributed by atoms with Gasteiger partial charge in [-0.25, -0.2) is 0 Å².